The summed E-state index contributed by atoms with van der Waals surface area (Å²) >= 11 is 5.59. The first-order valence-electron chi connectivity index (χ1n) is 8.56. The van der Waals surface area contributed by atoms with Gasteiger partial charge in [0.1, 0.15) is 3.82 Å². The van der Waals surface area contributed by atoms with Crippen LogP contribution in [0.5, 0.6) is 0 Å². The topological polar surface area (TPSA) is 63.5 Å². The Labute approximate surface area is 174 Å². The van der Waals surface area contributed by atoms with Crippen molar-refractivity contribution in [3.63, 3.8) is 0 Å². The van der Waals surface area contributed by atoms with Gasteiger partial charge in [0.2, 0.25) is 0 Å². The van der Waals surface area contributed by atoms with Gasteiger partial charge in [-0.25, -0.2) is 0 Å². The van der Waals surface area contributed by atoms with Crippen LogP contribution in [0.1, 0.15) is 34.6 Å². The fourth-order valence-electron chi connectivity index (χ4n) is 3.67. The summed E-state index contributed by atoms with van der Waals surface area (Å²) in [5.41, 5.74) is 3.30. The molecular formula is C20H16N2O3S3. The van der Waals surface area contributed by atoms with Gasteiger partial charge >= 0.3 is 0 Å². The van der Waals surface area contributed by atoms with E-state index in [1.165, 1.54) is 22.5 Å². The van der Waals surface area contributed by atoms with Gasteiger partial charge in [-0.1, -0.05) is 57.2 Å². The fraction of sp³-hybridized carbons (Fsp3) is 0.200. The van der Waals surface area contributed by atoms with Crippen LogP contribution in [0.3, 0.4) is 0 Å². The molecule has 0 fully saturated rings. The lowest BCUT2D eigenvalue weighted by Crippen LogP contribution is -2.48. The van der Waals surface area contributed by atoms with E-state index in [1.54, 1.807) is 27.4 Å². The van der Waals surface area contributed by atoms with Crippen molar-refractivity contribution in [1.29, 1.82) is 0 Å². The third-order valence-electron chi connectivity index (χ3n) is 4.98. The molecule has 8 heteroatoms. The largest absolute Gasteiger partial charge is 0.297 e. The molecule has 4 rings (SSSR count). The van der Waals surface area contributed by atoms with Crippen molar-refractivity contribution in [2.24, 2.45) is 0 Å². The highest BCUT2D eigenvalue weighted by Crippen LogP contribution is 2.53. The van der Waals surface area contributed by atoms with E-state index in [2.05, 4.69) is 0 Å². The van der Waals surface area contributed by atoms with Crippen LogP contribution < -0.4 is 4.90 Å². The number of amides is 1. The van der Waals surface area contributed by atoms with Gasteiger partial charge in [0.25, 0.3) is 11.6 Å². The highest BCUT2D eigenvalue weighted by atomic mass is 32.9. The molecule has 2 heterocycles. The van der Waals surface area contributed by atoms with E-state index in [0.29, 0.717) is 5.56 Å². The van der Waals surface area contributed by atoms with Crippen molar-refractivity contribution in [2.75, 3.05) is 4.90 Å². The molecule has 0 N–H and O–H groups in total. The Hall–Kier alpha value is -2.42. The van der Waals surface area contributed by atoms with Crippen LogP contribution in [-0.2, 0) is 5.54 Å². The Bertz CT molecular complexity index is 1190. The summed E-state index contributed by atoms with van der Waals surface area (Å²) in [7, 11) is 3.13. The molecule has 0 saturated heterocycles. The second-order valence-corrected chi connectivity index (χ2v) is 9.95. The summed E-state index contributed by atoms with van der Waals surface area (Å²) in [5.74, 6) is -0.265. The quantitative estimate of drug-likeness (QED) is 0.207. The first-order chi connectivity index (χ1) is 13.2. The minimum Gasteiger partial charge on any atom is -0.297 e. The van der Waals surface area contributed by atoms with E-state index in [0.717, 1.165) is 31.1 Å². The number of non-ortho nitro benzene ring substituents is 1. The zero-order chi connectivity index (χ0) is 20.2. The van der Waals surface area contributed by atoms with Crippen molar-refractivity contribution in [3.05, 3.63) is 72.4 Å². The molecule has 142 valence electrons. The lowest BCUT2D eigenvalue weighted by atomic mass is 9.85. The smallest absolute Gasteiger partial charge is 0.270 e. The monoisotopic (exact) mass is 428 g/mol. The molecule has 3 aromatic rings. The second-order valence-electron chi connectivity index (χ2n) is 7.14. The van der Waals surface area contributed by atoms with E-state index in [9.17, 15) is 14.9 Å². The molecule has 1 amide bonds. The zero-order valence-electron chi connectivity index (χ0n) is 15.4. The molecule has 1 aromatic heterocycles. The summed E-state index contributed by atoms with van der Waals surface area (Å²) in [6.45, 7) is 5.95. The number of fused-ring (bicyclic) bond motifs is 3. The Morgan fingerprint density at radius 1 is 1.18 bits per heavy atom. The average molecular weight is 429 g/mol. The van der Waals surface area contributed by atoms with E-state index >= 15 is 0 Å². The molecule has 0 spiro atoms. The van der Waals surface area contributed by atoms with Gasteiger partial charge < -0.3 is 0 Å². The molecule has 0 radical (unpaired) electrons. The van der Waals surface area contributed by atoms with Gasteiger partial charge in [-0.3, -0.25) is 19.8 Å². The van der Waals surface area contributed by atoms with Crippen molar-refractivity contribution < 1.29 is 9.72 Å². The van der Waals surface area contributed by atoms with Gasteiger partial charge in [0.15, 0.2) is 0 Å². The minimum atomic E-state index is -0.631. The van der Waals surface area contributed by atoms with Crippen LogP contribution in [0.2, 0.25) is 0 Å². The minimum absolute atomic E-state index is 0.0995. The van der Waals surface area contributed by atoms with Gasteiger partial charge in [0.05, 0.1) is 21.0 Å². The Morgan fingerprint density at radius 2 is 1.89 bits per heavy atom. The Balaban J connectivity index is 1.97. The predicted molar refractivity (Wildman–Crippen MR) is 116 cm³/mol. The zero-order valence-corrected chi connectivity index (χ0v) is 17.8. The third-order valence-corrected chi connectivity index (χ3v) is 8.31. The second kappa shape index (κ2) is 6.58. The molecule has 0 saturated carbocycles. The molecule has 28 heavy (non-hydrogen) atoms. The van der Waals surface area contributed by atoms with Crippen LogP contribution in [0.25, 0.3) is 11.1 Å². The lowest BCUT2D eigenvalue weighted by molar-refractivity contribution is -0.384. The number of hydrogen-bond donors (Lipinski definition) is 0. The standard InChI is InChI=1S/C20H16N2O3S3/c1-11-6-4-9-14-15-17(27-28-19(15)26)20(2,3)21(16(11)14)18(23)12-7-5-8-13(10-12)22(24)25/h4-10H,1-3H3. The normalized spacial score (nSPS) is 14.3. The van der Waals surface area contributed by atoms with E-state index < -0.39 is 10.5 Å². The maximum Gasteiger partial charge on any atom is 0.270 e. The SMILES string of the molecule is Cc1cccc2c1N(C(=O)c1cccc([N+](=O)[O-])c1)C(C)(C)c1ssc(=S)c1-2. The first kappa shape index (κ1) is 18.9. The molecule has 0 atom stereocenters. The number of anilines is 1. The predicted octanol–water partition coefficient (Wildman–Crippen LogP) is 6.32. The Kier molecular flexibility index (Phi) is 4.45. The summed E-state index contributed by atoms with van der Waals surface area (Å²) in [6.07, 6.45) is 0. The number of benzene rings is 2. The van der Waals surface area contributed by atoms with Crippen LogP contribution in [-0.4, -0.2) is 10.8 Å². The molecule has 0 bridgehead atoms. The number of nitro benzene ring substituents is 1. The lowest BCUT2D eigenvalue weighted by Gasteiger charge is -2.43. The number of aryl methyl sites for hydroxylation is 1. The third kappa shape index (κ3) is 2.71. The highest BCUT2D eigenvalue weighted by molar-refractivity contribution is 7.80. The maximum absolute atomic E-state index is 13.6. The van der Waals surface area contributed by atoms with Crippen LogP contribution in [0.4, 0.5) is 11.4 Å². The molecule has 1 aliphatic heterocycles. The van der Waals surface area contributed by atoms with Crippen molar-refractivity contribution in [2.45, 2.75) is 26.3 Å². The van der Waals surface area contributed by atoms with E-state index in [-0.39, 0.29) is 11.6 Å². The van der Waals surface area contributed by atoms with Gasteiger partial charge in [-0.05, 0) is 32.4 Å². The van der Waals surface area contributed by atoms with Crippen molar-refractivity contribution in [1.82, 2.24) is 0 Å². The summed E-state index contributed by atoms with van der Waals surface area (Å²) < 4.78 is 0.822. The van der Waals surface area contributed by atoms with E-state index in [4.69, 9.17) is 12.2 Å². The summed E-state index contributed by atoms with van der Waals surface area (Å²) in [4.78, 5) is 27.1. The number of nitrogens with zero attached hydrogens (tertiary/aromatic N) is 2. The summed E-state index contributed by atoms with van der Waals surface area (Å²) in [6, 6.07) is 11.8. The molecular weight excluding hydrogens is 412 g/mol. The van der Waals surface area contributed by atoms with Crippen LogP contribution >= 0.6 is 32.9 Å². The van der Waals surface area contributed by atoms with Crippen LogP contribution in [0, 0.1) is 20.9 Å². The molecule has 0 aliphatic carbocycles. The number of rotatable bonds is 2. The van der Waals surface area contributed by atoms with Crippen LogP contribution in [0.15, 0.2) is 42.5 Å². The van der Waals surface area contributed by atoms with Crippen molar-refractivity contribution >= 4 is 50.2 Å². The van der Waals surface area contributed by atoms with Gasteiger partial charge in [-0.2, -0.15) is 0 Å². The maximum atomic E-state index is 13.6. The highest BCUT2D eigenvalue weighted by Gasteiger charge is 2.44. The van der Waals surface area contributed by atoms with Crippen molar-refractivity contribution in [3.8, 4) is 11.1 Å². The van der Waals surface area contributed by atoms with E-state index in [1.807, 2.05) is 39.0 Å². The number of nitro groups is 1. The number of carbonyl (C=O) groups is 1. The number of carbonyl (C=O) groups excluding carboxylic acids is 1. The summed E-state index contributed by atoms with van der Waals surface area (Å²) in [5, 5.41) is 11.2. The Morgan fingerprint density at radius 3 is 2.61 bits per heavy atom. The molecule has 2 aromatic carbocycles. The van der Waals surface area contributed by atoms with Gasteiger partial charge in [0, 0.05) is 28.8 Å². The number of hydrogen-bond acceptors (Lipinski definition) is 6. The average Bonchev–Trinajstić information content (AvgIpc) is 3.05. The fourth-order valence-corrected chi connectivity index (χ4v) is 6.95. The van der Waals surface area contributed by atoms with Gasteiger partial charge in [-0.15, -0.1) is 0 Å². The molecule has 5 nitrogen and oxygen atoms in total. The molecule has 0 unspecified atom stereocenters. The first-order valence-corrected chi connectivity index (χ1v) is 11.1. The number of para-hydroxylation sites is 1. The molecule has 1 aliphatic rings.